The zero-order chi connectivity index (χ0) is 23.1. The highest BCUT2D eigenvalue weighted by atomic mass is 32.2. The van der Waals surface area contributed by atoms with Crippen molar-refractivity contribution in [2.45, 2.75) is 28.8 Å². The van der Waals surface area contributed by atoms with Gasteiger partial charge in [-0.3, -0.25) is 4.79 Å². The molecule has 0 unspecified atom stereocenters. The lowest BCUT2D eigenvalue weighted by molar-refractivity contribution is -0.113. The smallest absolute Gasteiger partial charge is 0.338 e. The van der Waals surface area contributed by atoms with E-state index in [1.807, 2.05) is 6.92 Å². The lowest BCUT2D eigenvalue weighted by Crippen LogP contribution is -2.14. The van der Waals surface area contributed by atoms with Crippen LogP contribution in [0.4, 0.5) is 5.69 Å². The maximum atomic E-state index is 12.6. The van der Waals surface area contributed by atoms with E-state index in [0.717, 1.165) is 17.3 Å². The number of thioether (sulfide) groups is 1. The third-order valence-electron chi connectivity index (χ3n) is 4.25. The first kappa shape index (κ1) is 23.4. The van der Waals surface area contributed by atoms with Crippen molar-refractivity contribution in [2.75, 3.05) is 17.7 Å². The van der Waals surface area contributed by atoms with Gasteiger partial charge in [0.25, 0.3) is 0 Å². The number of esters is 1. The number of anilines is 1. The molecular formula is C22H21N3O5S2. The number of ether oxygens (including phenoxy) is 1. The summed E-state index contributed by atoms with van der Waals surface area (Å²) in [7, 11) is -3.75. The van der Waals surface area contributed by atoms with Crippen LogP contribution in [0.1, 0.15) is 22.8 Å². The minimum atomic E-state index is -3.75. The number of carbonyl (C=O) groups excluding carboxylic acids is 2. The average Bonchev–Trinajstić information content (AvgIpc) is 2.79. The van der Waals surface area contributed by atoms with Crippen LogP contribution in [-0.4, -0.2) is 42.9 Å². The zero-order valence-corrected chi connectivity index (χ0v) is 19.1. The van der Waals surface area contributed by atoms with Crippen molar-refractivity contribution >= 4 is 39.2 Å². The lowest BCUT2D eigenvalue weighted by Gasteiger charge is -2.07. The highest BCUT2D eigenvalue weighted by Gasteiger charge is 2.20. The first-order valence-electron chi connectivity index (χ1n) is 9.65. The van der Waals surface area contributed by atoms with Gasteiger partial charge in [-0.05, 0) is 62.4 Å². The summed E-state index contributed by atoms with van der Waals surface area (Å²) in [6.07, 6.45) is 0. The molecule has 1 aromatic heterocycles. The zero-order valence-electron chi connectivity index (χ0n) is 17.4. The summed E-state index contributed by atoms with van der Waals surface area (Å²) >= 11 is 1.12. The standard InChI is InChI=1S/C22H21N3O5S2/c1-3-30-22(27)16-6-8-17(9-7-16)23-19(26)14-31-20-12-13-21(25-24-20)32(28,29)18-10-4-15(2)5-11-18/h4-13H,3,14H2,1-2H3,(H,23,26). The molecule has 1 N–H and O–H groups in total. The van der Waals surface area contributed by atoms with Gasteiger partial charge in [-0.25, -0.2) is 13.2 Å². The Hall–Kier alpha value is -3.24. The maximum absolute atomic E-state index is 12.6. The summed E-state index contributed by atoms with van der Waals surface area (Å²) in [5, 5.41) is 10.7. The van der Waals surface area contributed by atoms with Crippen LogP contribution in [0.2, 0.25) is 0 Å². The van der Waals surface area contributed by atoms with E-state index in [-0.39, 0.29) is 28.2 Å². The molecule has 0 aliphatic carbocycles. The van der Waals surface area contributed by atoms with Gasteiger partial charge < -0.3 is 10.1 Å². The van der Waals surface area contributed by atoms with Gasteiger partial charge >= 0.3 is 5.97 Å². The first-order chi connectivity index (χ1) is 15.3. The summed E-state index contributed by atoms with van der Waals surface area (Å²) in [6, 6.07) is 15.7. The van der Waals surface area contributed by atoms with Crippen LogP contribution < -0.4 is 5.32 Å². The first-order valence-corrected chi connectivity index (χ1v) is 12.1. The van der Waals surface area contributed by atoms with Gasteiger partial charge in [-0.1, -0.05) is 29.5 Å². The molecule has 10 heteroatoms. The number of rotatable bonds is 8. The largest absolute Gasteiger partial charge is 0.462 e. The second-order valence-electron chi connectivity index (χ2n) is 6.66. The van der Waals surface area contributed by atoms with Crippen molar-refractivity contribution in [3.05, 3.63) is 71.8 Å². The summed E-state index contributed by atoms with van der Waals surface area (Å²) in [4.78, 5) is 24.0. The highest BCUT2D eigenvalue weighted by molar-refractivity contribution is 7.99. The summed E-state index contributed by atoms with van der Waals surface area (Å²) < 4.78 is 30.2. The van der Waals surface area contributed by atoms with Gasteiger partial charge in [0, 0.05) is 5.69 Å². The van der Waals surface area contributed by atoms with Crippen molar-refractivity contribution in [2.24, 2.45) is 0 Å². The molecule has 0 atom stereocenters. The molecule has 0 saturated carbocycles. The third kappa shape index (κ3) is 5.92. The molecule has 0 saturated heterocycles. The maximum Gasteiger partial charge on any atom is 0.338 e. The molecule has 2 aromatic carbocycles. The molecular weight excluding hydrogens is 450 g/mol. The molecule has 0 fully saturated rings. The number of nitrogens with zero attached hydrogens (tertiary/aromatic N) is 2. The third-order valence-corrected chi connectivity index (χ3v) is 6.83. The van der Waals surface area contributed by atoms with E-state index in [4.69, 9.17) is 4.74 Å². The fraction of sp³-hybridized carbons (Fsp3) is 0.182. The van der Waals surface area contributed by atoms with E-state index in [2.05, 4.69) is 15.5 Å². The number of sulfone groups is 1. The number of hydrogen-bond acceptors (Lipinski definition) is 8. The van der Waals surface area contributed by atoms with E-state index < -0.39 is 15.8 Å². The van der Waals surface area contributed by atoms with Gasteiger partial charge in [-0.15, -0.1) is 10.2 Å². The van der Waals surface area contributed by atoms with Crippen LogP contribution in [0.3, 0.4) is 0 Å². The predicted molar refractivity (Wildman–Crippen MR) is 120 cm³/mol. The molecule has 1 heterocycles. The Morgan fingerprint density at radius 1 is 0.969 bits per heavy atom. The number of benzene rings is 2. The van der Waals surface area contributed by atoms with Crippen LogP contribution in [0.25, 0.3) is 0 Å². The van der Waals surface area contributed by atoms with Gasteiger partial charge in [0.2, 0.25) is 15.7 Å². The van der Waals surface area contributed by atoms with E-state index >= 15 is 0 Å². The minimum Gasteiger partial charge on any atom is -0.462 e. The number of amides is 1. The number of nitrogens with one attached hydrogen (secondary N) is 1. The summed E-state index contributed by atoms with van der Waals surface area (Å²) in [5.41, 5.74) is 1.89. The molecule has 0 aliphatic heterocycles. The van der Waals surface area contributed by atoms with Crippen LogP contribution in [0.15, 0.2) is 75.6 Å². The van der Waals surface area contributed by atoms with Crippen molar-refractivity contribution < 1.29 is 22.7 Å². The molecule has 0 radical (unpaired) electrons. The van der Waals surface area contributed by atoms with E-state index in [9.17, 15) is 18.0 Å². The number of aryl methyl sites for hydroxylation is 1. The van der Waals surface area contributed by atoms with E-state index in [0.29, 0.717) is 16.3 Å². The quantitative estimate of drug-likeness (QED) is 0.392. The Morgan fingerprint density at radius 2 is 1.66 bits per heavy atom. The average molecular weight is 472 g/mol. The SMILES string of the molecule is CCOC(=O)c1ccc(NC(=O)CSc2ccc(S(=O)(=O)c3ccc(C)cc3)nn2)cc1. The normalized spacial score (nSPS) is 11.1. The summed E-state index contributed by atoms with van der Waals surface area (Å²) in [6.45, 7) is 3.89. The molecule has 3 rings (SSSR count). The number of aromatic nitrogens is 2. The second-order valence-corrected chi connectivity index (χ2v) is 9.55. The molecule has 0 bridgehead atoms. The molecule has 8 nitrogen and oxygen atoms in total. The van der Waals surface area contributed by atoms with Crippen molar-refractivity contribution in [1.29, 1.82) is 0 Å². The highest BCUT2D eigenvalue weighted by Crippen LogP contribution is 2.21. The van der Waals surface area contributed by atoms with Crippen molar-refractivity contribution in [3.63, 3.8) is 0 Å². The molecule has 1 amide bonds. The predicted octanol–water partition coefficient (Wildman–Crippen LogP) is 3.53. The van der Waals surface area contributed by atoms with Crippen LogP contribution in [0.5, 0.6) is 0 Å². The van der Waals surface area contributed by atoms with Crippen LogP contribution in [-0.2, 0) is 19.4 Å². The molecule has 166 valence electrons. The fourth-order valence-electron chi connectivity index (χ4n) is 2.61. The topological polar surface area (TPSA) is 115 Å². The molecule has 0 aliphatic rings. The van der Waals surface area contributed by atoms with Gasteiger partial charge in [0.1, 0.15) is 5.03 Å². The van der Waals surface area contributed by atoms with E-state index in [1.54, 1.807) is 43.3 Å². The van der Waals surface area contributed by atoms with Gasteiger partial charge in [-0.2, -0.15) is 0 Å². The molecule has 32 heavy (non-hydrogen) atoms. The van der Waals surface area contributed by atoms with E-state index in [1.165, 1.54) is 24.3 Å². The fourth-order valence-corrected chi connectivity index (χ4v) is 4.35. The Kier molecular flexibility index (Phi) is 7.60. The van der Waals surface area contributed by atoms with Gasteiger partial charge in [0.15, 0.2) is 5.03 Å². The summed E-state index contributed by atoms with van der Waals surface area (Å²) in [5.74, 6) is -0.650. The Labute approximate surface area is 190 Å². The van der Waals surface area contributed by atoms with Crippen LogP contribution >= 0.6 is 11.8 Å². The number of hydrogen-bond donors (Lipinski definition) is 1. The molecule has 3 aromatic rings. The second kappa shape index (κ2) is 10.4. The number of carbonyl (C=O) groups is 2. The van der Waals surface area contributed by atoms with Gasteiger partial charge in [0.05, 0.1) is 22.8 Å². The van der Waals surface area contributed by atoms with Crippen molar-refractivity contribution in [1.82, 2.24) is 10.2 Å². The molecule has 0 spiro atoms. The van der Waals surface area contributed by atoms with Crippen LogP contribution in [0, 0.1) is 6.92 Å². The Morgan fingerprint density at radius 3 is 2.25 bits per heavy atom. The Balaban J connectivity index is 1.56. The monoisotopic (exact) mass is 471 g/mol. The minimum absolute atomic E-state index is 0.0539. The lowest BCUT2D eigenvalue weighted by atomic mass is 10.2. The Bertz CT molecular complexity index is 1190. The van der Waals surface area contributed by atoms with Crippen molar-refractivity contribution in [3.8, 4) is 0 Å².